The van der Waals surface area contributed by atoms with E-state index in [1.807, 2.05) is 30.3 Å². The number of benzene rings is 2. The van der Waals surface area contributed by atoms with Crippen molar-refractivity contribution in [1.29, 1.82) is 0 Å². The summed E-state index contributed by atoms with van der Waals surface area (Å²) in [6, 6.07) is 13.4. The normalized spacial score (nSPS) is 10.5. The van der Waals surface area contributed by atoms with E-state index in [0.29, 0.717) is 5.56 Å². The molecule has 0 aliphatic rings. The Morgan fingerprint density at radius 2 is 1.95 bits per heavy atom. The minimum atomic E-state index is -0.642. The van der Waals surface area contributed by atoms with Crippen LogP contribution in [0, 0.1) is 10.1 Å². The van der Waals surface area contributed by atoms with Crippen molar-refractivity contribution in [2.45, 2.75) is 0 Å². The fraction of sp³-hybridized carbons (Fsp3) is 0. The number of para-hydroxylation sites is 1. The maximum absolute atomic E-state index is 10.7. The Bertz CT molecular complexity index is 612. The van der Waals surface area contributed by atoms with Gasteiger partial charge in [-0.25, -0.2) is 0 Å². The van der Waals surface area contributed by atoms with Crippen LogP contribution in [0.1, 0.15) is 5.56 Å². The summed E-state index contributed by atoms with van der Waals surface area (Å²) < 4.78 is 0. The molecule has 0 amide bonds. The van der Waals surface area contributed by atoms with E-state index in [2.05, 4.69) is 10.5 Å². The van der Waals surface area contributed by atoms with Crippen LogP contribution in [0.5, 0.6) is 5.75 Å². The zero-order valence-electron chi connectivity index (χ0n) is 9.85. The Hall–Kier alpha value is -2.89. The van der Waals surface area contributed by atoms with Gasteiger partial charge in [0.15, 0.2) is 5.75 Å². The molecule has 0 aromatic heterocycles. The number of anilines is 1. The van der Waals surface area contributed by atoms with Crippen molar-refractivity contribution >= 4 is 17.6 Å². The van der Waals surface area contributed by atoms with Crippen LogP contribution in [0.2, 0.25) is 0 Å². The predicted octanol–water partition coefficient (Wildman–Crippen LogP) is 2.75. The number of phenols is 1. The molecule has 0 radical (unpaired) electrons. The first-order chi connectivity index (χ1) is 9.16. The summed E-state index contributed by atoms with van der Waals surface area (Å²) in [5, 5.41) is 23.9. The number of nitrogens with one attached hydrogen (secondary N) is 1. The van der Waals surface area contributed by atoms with E-state index < -0.39 is 4.92 Å². The molecule has 96 valence electrons. The molecule has 0 saturated carbocycles. The van der Waals surface area contributed by atoms with Crippen LogP contribution in [-0.2, 0) is 0 Å². The number of hydrazone groups is 1. The smallest absolute Gasteiger partial charge is 0.311 e. The molecule has 2 rings (SSSR count). The predicted molar refractivity (Wildman–Crippen MR) is 72.4 cm³/mol. The highest BCUT2D eigenvalue weighted by Gasteiger charge is 2.12. The Balaban J connectivity index is 2.11. The molecular weight excluding hydrogens is 246 g/mol. The topological polar surface area (TPSA) is 87.8 Å². The van der Waals surface area contributed by atoms with Gasteiger partial charge in [-0.3, -0.25) is 15.5 Å². The minimum absolute atomic E-state index is 0.344. The van der Waals surface area contributed by atoms with E-state index >= 15 is 0 Å². The van der Waals surface area contributed by atoms with Crippen molar-refractivity contribution in [3.05, 3.63) is 64.2 Å². The molecule has 0 saturated heterocycles. The molecule has 0 unspecified atom stereocenters. The second-order valence-corrected chi connectivity index (χ2v) is 3.74. The summed E-state index contributed by atoms with van der Waals surface area (Å²) in [5.41, 5.74) is 3.78. The summed E-state index contributed by atoms with van der Waals surface area (Å²) in [6.45, 7) is 0. The molecule has 0 bridgehead atoms. The molecule has 2 aromatic carbocycles. The number of hydrogen-bond acceptors (Lipinski definition) is 5. The lowest BCUT2D eigenvalue weighted by molar-refractivity contribution is -0.385. The maximum atomic E-state index is 10.7. The first-order valence-electron chi connectivity index (χ1n) is 5.48. The number of nitro groups is 1. The van der Waals surface area contributed by atoms with Crippen molar-refractivity contribution in [3.63, 3.8) is 0 Å². The molecule has 2 N–H and O–H groups in total. The van der Waals surface area contributed by atoms with Gasteiger partial charge in [0.2, 0.25) is 0 Å². The molecular formula is C13H11N3O3. The summed E-state index contributed by atoms with van der Waals surface area (Å²) in [6.07, 6.45) is 1.44. The van der Waals surface area contributed by atoms with Crippen molar-refractivity contribution < 1.29 is 10.0 Å². The van der Waals surface area contributed by atoms with E-state index in [0.717, 1.165) is 5.69 Å². The van der Waals surface area contributed by atoms with Crippen LogP contribution in [0.3, 0.4) is 0 Å². The lowest BCUT2D eigenvalue weighted by Gasteiger charge is -1.99. The molecule has 0 spiro atoms. The highest BCUT2D eigenvalue weighted by Crippen LogP contribution is 2.25. The highest BCUT2D eigenvalue weighted by atomic mass is 16.6. The fourth-order valence-electron chi connectivity index (χ4n) is 1.46. The van der Waals surface area contributed by atoms with Gasteiger partial charge in [0.05, 0.1) is 16.8 Å². The van der Waals surface area contributed by atoms with Gasteiger partial charge in [-0.15, -0.1) is 0 Å². The van der Waals surface area contributed by atoms with Crippen LogP contribution in [0.25, 0.3) is 0 Å². The molecule has 0 aliphatic carbocycles. The van der Waals surface area contributed by atoms with Crippen molar-refractivity contribution in [2.24, 2.45) is 5.10 Å². The maximum Gasteiger partial charge on any atom is 0.311 e. The van der Waals surface area contributed by atoms with E-state index in [4.69, 9.17) is 0 Å². The van der Waals surface area contributed by atoms with Gasteiger partial charge in [-0.05, 0) is 24.3 Å². The van der Waals surface area contributed by atoms with Crippen LogP contribution >= 0.6 is 0 Å². The minimum Gasteiger partial charge on any atom is -0.502 e. The SMILES string of the molecule is O=[N+]([O-])c1cc(C=NNc2ccccc2)ccc1O. The molecule has 19 heavy (non-hydrogen) atoms. The van der Waals surface area contributed by atoms with Crippen molar-refractivity contribution in [2.75, 3.05) is 5.43 Å². The number of rotatable bonds is 4. The summed E-state index contributed by atoms with van der Waals surface area (Å²) in [7, 11) is 0. The van der Waals surface area contributed by atoms with Gasteiger partial charge < -0.3 is 5.11 Å². The van der Waals surface area contributed by atoms with Crippen LogP contribution in [0.15, 0.2) is 53.6 Å². The molecule has 6 heteroatoms. The number of phenolic OH excluding ortho intramolecular Hbond substituents is 1. The lowest BCUT2D eigenvalue weighted by atomic mass is 10.2. The van der Waals surface area contributed by atoms with E-state index in [-0.39, 0.29) is 11.4 Å². The Morgan fingerprint density at radius 1 is 1.21 bits per heavy atom. The van der Waals surface area contributed by atoms with E-state index in [1.54, 1.807) is 6.07 Å². The van der Waals surface area contributed by atoms with Crippen molar-refractivity contribution in [1.82, 2.24) is 0 Å². The average Bonchev–Trinajstić information content (AvgIpc) is 2.41. The third-order valence-corrected chi connectivity index (χ3v) is 2.38. The van der Waals surface area contributed by atoms with E-state index in [9.17, 15) is 15.2 Å². The first-order valence-corrected chi connectivity index (χ1v) is 5.48. The van der Waals surface area contributed by atoms with Gasteiger partial charge in [-0.1, -0.05) is 18.2 Å². The second kappa shape index (κ2) is 5.63. The lowest BCUT2D eigenvalue weighted by Crippen LogP contribution is -1.93. The molecule has 2 aromatic rings. The molecule has 0 aliphatic heterocycles. The number of nitro benzene ring substituents is 1. The number of nitrogens with zero attached hydrogens (tertiary/aromatic N) is 2. The largest absolute Gasteiger partial charge is 0.502 e. The quantitative estimate of drug-likeness (QED) is 0.500. The number of aromatic hydroxyl groups is 1. The third kappa shape index (κ3) is 3.29. The van der Waals surface area contributed by atoms with Crippen LogP contribution < -0.4 is 5.43 Å². The molecule has 0 fully saturated rings. The Labute approximate surface area is 109 Å². The van der Waals surface area contributed by atoms with Crippen LogP contribution in [0.4, 0.5) is 11.4 Å². The molecule has 0 heterocycles. The summed E-state index contributed by atoms with van der Waals surface area (Å²) in [4.78, 5) is 10.0. The monoisotopic (exact) mass is 257 g/mol. The van der Waals surface area contributed by atoms with Gasteiger partial charge in [0, 0.05) is 11.6 Å². The van der Waals surface area contributed by atoms with Gasteiger partial charge in [0.1, 0.15) is 0 Å². The van der Waals surface area contributed by atoms with E-state index in [1.165, 1.54) is 18.3 Å². The zero-order valence-corrected chi connectivity index (χ0v) is 9.85. The average molecular weight is 257 g/mol. The molecule has 0 atom stereocenters. The summed E-state index contributed by atoms with van der Waals surface area (Å²) >= 11 is 0. The third-order valence-electron chi connectivity index (χ3n) is 2.38. The zero-order chi connectivity index (χ0) is 13.7. The van der Waals surface area contributed by atoms with Crippen molar-refractivity contribution in [3.8, 4) is 5.75 Å². The fourth-order valence-corrected chi connectivity index (χ4v) is 1.46. The first kappa shape index (κ1) is 12.6. The second-order valence-electron chi connectivity index (χ2n) is 3.74. The standard InChI is InChI=1S/C13H11N3O3/c17-13-7-6-10(8-12(13)16(18)19)9-14-15-11-4-2-1-3-5-11/h1-9,15,17H. The van der Waals surface area contributed by atoms with Gasteiger partial charge in [0.25, 0.3) is 0 Å². The van der Waals surface area contributed by atoms with Gasteiger partial charge >= 0.3 is 5.69 Å². The van der Waals surface area contributed by atoms with Crippen LogP contribution in [-0.4, -0.2) is 16.2 Å². The van der Waals surface area contributed by atoms with Gasteiger partial charge in [-0.2, -0.15) is 5.10 Å². The summed E-state index contributed by atoms with van der Waals surface area (Å²) in [5.74, 6) is -0.363. The number of hydrogen-bond donors (Lipinski definition) is 2. The highest BCUT2D eigenvalue weighted by molar-refractivity contribution is 5.82. The Kier molecular flexibility index (Phi) is 3.72. The molecule has 6 nitrogen and oxygen atoms in total. The Morgan fingerprint density at radius 3 is 2.63 bits per heavy atom.